The predicted molar refractivity (Wildman–Crippen MR) is 87.6 cm³/mol. The van der Waals surface area contributed by atoms with Crippen LogP contribution in [0.2, 0.25) is 0 Å². The fourth-order valence-electron chi connectivity index (χ4n) is 3.08. The molecule has 1 heterocycles. The number of nitrogens with zero attached hydrogens (tertiary/aromatic N) is 2. The zero-order chi connectivity index (χ0) is 15.5. The van der Waals surface area contributed by atoms with Crippen molar-refractivity contribution in [2.75, 3.05) is 26.2 Å². The maximum atomic E-state index is 10.2. The standard InChI is InChI=1S/C16H32N4O/c1-5-17-15(18-11-16(21)7-6-8-16)19-14-10-20(12(2)3)9-13(14)4/h12-14,21H,5-11H2,1-4H3,(H2,17,18,19). The lowest BCUT2D eigenvalue weighted by Crippen LogP contribution is -2.48. The van der Waals surface area contributed by atoms with Gasteiger partial charge in [0.05, 0.1) is 12.1 Å². The van der Waals surface area contributed by atoms with E-state index in [1.54, 1.807) is 0 Å². The molecule has 1 aliphatic heterocycles. The van der Waals surface area contributed by atoms with Crippen molar-refractivity contribution in [1.82, 2.24) is 15.5 Å². The minimum atomic E-state index is -0.548. The summed E-state index contributed by atoms with van der Waals surface area (Å²) in [6.07, 6.45) is 2.90. The minimum Gasteiger partial charge on any atom is -0.388 e. The fourth-order valence-corrected chi connectivity index (χ4v) is 3.08. The van der Waals surface area contributed by atoms with Crippen molar-refractivity contribution in [2.45, 2.75) is 64.6 Å². The summed E-state index contributed by atoms with van der Waals surface area (Å²) in [7, 11) is 0. The molecule has 122 valence electrons. The van der Waals surface area contributed by atoms with Gasteiger partial charge >= 0.3 is 0 Å². The van der Waals surface area contributed by atoms with Gasteiger partial charge < -0.3 is 15.7 Å². The maximum Gasteiger partial charge on any atom is 0.191 e. The van der Waals surface area contributed by atoms with Crippen molar-refractivity contribution in [2.24, 2.45) is 10.9 Å². The SMILES string of the molecule is CCNC(=NCC1(O)CCC1)NC1CN(C(C)C)CC1C. The van der Waals surface area contributed by atoms with Crippen molar-refractivity contribution in [1.29, 1.82) is 0 Å². The van der Waals surface area contributed by atoms with E-state index in [4.69, 9.17) is 0 Å². The number of hydrogen-bond acceptors (Lipinski definition) is 3. The van der Waals surface area contributed by atoms with Crippen LogP contribution in [0.25, 0.3) is 0 Å². The van der Waals surface area contributed by atoms with Crippen LogP contribution < -0.4 is 10.6 Å². The molecule has 0 radical (unpaired) electrons. The zero-order valence-electron chi connectivity index (χ0n) is 14.0. The molecule has 0 aromatic rings. The highest BCUT2D eigenvalue weighted by molar-refractivity contribution is 5.80. The van der Waals surface area contributed by atoms with Crippen molar-refractivity contribution < 1.29 is 5.11 Å². The Morgan fingerprint density at radius 3 is 2.57 bits per heavy atom. The normalized spacial score (nSPS) is 29.5. The van der Waals surface area contributed by atoms with Crippen LogP contribution in [0.4, 0.5) is 0 Å². The number of rotatable bonds is 5. The molecule has 2 unspecified atom stereocenters. The average molecular weight is 296 g/mol. The molecule has 3 N–H and O–H groups in total. The highest BCUT2D eigenvalue weighted by Crippen LogP contribution is 2.31. The van der Waals surface area contributed by atoms with E-state index in [1.165, 1.54) is 0 Å². The highest BCUT2D eigenvalue weighted by Gasteiger charge is 2.35. The predicted octanol–water partition coefficient (Wildman–Crippen LogP) is 1.19. The summed E-state index contributed by atoms with van der Waals surface area (Å²) in [5.74, 6) is 1.46. The fraction of sp³-hybridized carbons (Fsp3) is 0.938. The van der Waals surface area contributed by atoms with E-state index >= 15 is 0 Å². The molecule has 1 aliphatic carbocycles. The molecule has 5 heteroatoms. The molecule has 5 nitrogen and oxygen atoms in total. The molecule has 0 bridgehead atoms. The van der Waals surface area contributed by atoms with E-state index in [1.807, 2.05) is 0 Å². The van der Waals surface area contributed by atoms with Gasteiger partial charge in [-0.25, -0.2) is 0 Å². The lowest BCUT2D eigenvalue weighted by molar-refractivity contribution is -0.0236. The second-order valence-corrected chi connectivity index (χ2v) is 7.05. The Bertz CT molecular complexity index is 365. The number of nitrogens with one attached hydrogen (secondary N) is 2. The molecule has 1 saturated heterocycles. The van der Waals surface area contributed by atoms with Gasteiger partial charge in [0.2, 0.25) is 0 Å². The molecular weight excluding hydrogens is 264 g/mol. The summed E-state index contributed by atoms with van der Waals surface area (Å²) in [5.41, 5.74) is -0.548. The first kappa shape index (κ1) is 16.6. The second kappa shape index (κ2) is 6.97. The Morgan fingerprint density at radius 2 is 2.10 bits per heavy atom. The third-order valence-electron chi connectivity index (χ3n) is 4.85. The number of guanidine groups is 1. The molecule has 2 fully saturated rings. The number of aliphatic hydroxyl groups is 1. The lowest BCUT2D eigenvalue weighted by atomic mass is 9.80. The molecule has 0 aromatic heterocycles. The van der Waals surface area contributed by atoms with Gasteiger partial charge in [0.15, 0.2) is 5.96 Å². The van der Waals surface area contributed by atoms with Crippen molar-refractivity contribution in [3.63, 3.8) is 0 Å². The first-order valence-electron chi connectivity index (χ1n) is 8.45. The molecule has 21 heavy (non-hydrogen) atoms. The molecule has 2 rings (SSSR count). The van der Waals surface area contributed by atoms with E-state index in [-0.39, 0.29) is 0 Å². The van der Waals surface area contributed by atoms with Gasteiger partial charge in [-0.2, -0.15) is 0 Å². The summed E-state index contributed by atoms with van der Waals surface area (Å²) < 4.78 is 0. The Kier molecular flexibility index (Phi) is 5.49. The smallest absolute Gasteiger partial charge is 0.191 e. The van der Waals surface area contributed by atoms with Gasteiger partial charge in [-0.15, -0.1) is 0 Å². The molecule has 0 spiro atoms. The van der Waals surface area contributed by atoms with Crippen LogP contribution in [-0.2, 0) is 0 Å². The van der Waals surface area contributed by atoms with Crippen LogP contribution >= 0.6 is 0 Å². The molecule has 1 saturated carbocycles. The summed E-state index contributed by atoms with van der Waals surface area (Å²) in [5, 5.41) is 17.0. The Morgan fingerprint density at radius 1 is 1.38 bits per heavy atom. The van der Waals surface area contributed by atoms with E-state index < -0.39 is 5.60 Å². The zero-order valence-corrected chi connectivity index (χ0v) is 14.0. The van der Waals surface area contributed by atoms with Crippen molar-refractivity contribution in [3.8, 4) is 0 Å². The van der Waals surface area contributed by atoms with Gasteiger partial charge in [-0.3, -0.25) is 9.89 Å². The number of hydrogen-bond donors (Lipinski definition) is 3. The Labute approximate surface area is 129 Å². The Hall–Kier alpha value is -0.810. The van der Waals surface area contributed by atoms with E-state index in [0.717, 1.165) is 44.9 Å². The third kappa shape index (κ3) is 4.33. The van der Waals surface area contributed by atoms with E-state index in [9.17, 15) is 5.11 Å². The second-order valence-electron chi connectivity index (χ2n) is 7.05. The molecule has 2 aliphatic rings. The molecule has 2 atom stereocenters. The molecule has 0 aromatic carbocycles. The third-order valence-corrected chi connectivity index (χ3v) is 4.85. The summed E-state index contributed by atoms with van der Waals surface area (Å²) >= 11 is 0. The average Bonchev–Trinajstić information content (AvgIpc) is 2.76. The summed E-state index contributed by atoms with van der Waals surface area (Å²) in [6, 6.07) is 1.02. The van der Waals surface area contributed by atoms with Crippen molar-refractivity contribution in [3.05, 3.63) is 0 Å². The van der Waals surface area contributed by atoms with Gasteiger partial charge in [0.25, 0.3) is 0 Å². The largest absolute Gasteiger partial charge is 0.388 e. The van der Waals surface area contributed by atoms with Crippen molar-refractivity contribution >= 4 is 5.96 Å². The van der Waals surface area contributed by atoms with Gasteiger partial charge in [-0.1, -0.05) is 6.92 Å². The first-order chi connectivity index (χ1) is 9.93. The molecular formula is C16H32N4O. The van der Waals surface area contributed by atoms with Gasteiger partial charge in [-0.05, 0) is 46.0 Å². The summed E-state index contributed by atoms with van der Waals surface area (Å²) in [4.78, 5) is 7.11. The van der Waals surface area contributed by atoms with Gasteiger partial charge in [0, 0.05) is 31.7 Å². The van der Waals surface area contributed by atoms with E-state index in [2.05, 4.69) is 48.2 Å². The van der Waals surface area contributed by atoms with E-state index in [0.29, 0.717) is 24.5 Å². The van der Waals surface area contributed by atoms with Crippen LogP contribution in [0.3, 0.4) is 0 Å². The Balaban J connectivity index is 1.91. The summed E-state index contributed by atoms with van der Waals surface area (Å²) in [6.45, 7) is 12.4. The number of aliphatic imine (C=N–C) groups is 1. The highest BCUT2D eigenvalue weighted by atomic mass is 16.3. The monoisotopic (exact) mass is 296 g/mol. The van der Waals surface area contributed by atoms with Crippen LogP contribution in [0.1, 0.15) is 47.0 Å². The molecule has 0 amide bonds. The minimum absolute atomic E-state index is 0.432. The van der Waals surface area contributed by atoms with Crippen LogP contribution in [0, 0.1) is 5.92 Å². The number of likely N-dealkylation sites (tertiary alicyclic amines) is 1. The van der Waals surface area contributed by atoms with Crippen LogP contribution in [-0.4, -0.2) is 59.8 Å². The topological polar surface area (TPSA) is 59.9 Å². The first-order valence-corrected chi connectivity index (χ1v) is 8.45. The van der Waals surface area contributed by atoms with Gasteiger partial charge in [0.1, 0.15) is 0 Å². The quantitative estimate of drug-likeness (QED) is 0.527. The lowest BCUT2D eigenvalue weighted by Gasteiger charge is -2.35. The maximum absolute atomic E-state index is 10.2. The van der Waals surface area contributed by atoms with Crippen LogP contribution in [0.15, 0.2) is 4.99 Å². The van der Waals surface area contributed by atoms with Crippen LogP contribution in [0.5, 0.6) is 0 Å².